The summed E-state index contributed by atoms with van der Waals surface area (Å²) in [5, 5.41) is 0.387. The number of hydrogen-bond acceptors (Lipinski definition) is 2. The Morgan fingerprint density at radius 1 is 1.19 bits per heavy atom. The number of nitrogens with zero attached hydrogens (tertiary/aromatic N) is 2. The number of hydrogen-bond donors (Lipinski definition) is 1. The highest BCUT2D eigenvalue weighted by Crippen LogP contribution is 2.42. The van der Waals surface area contributed by atoms with Gasteiger partial charge in [0, 0.05) is 16.6 Å². The maximum absolute atomic E-state index is 14.3. The Morgan fingerprint density at radius 3 is 2.71 bits per heavy atom. The van der Waals surface area contributed by atoms with Crippen LogP contribution >= 0.6 is 11.6 Å². The molecule has 1 aliphatic rings. The molecule has 5 heteroatoms. The van der Waals surface area contributed by atoms with E-state index < -0.39 is 0 Å². The Labute approximate surface area is 126 Å². The average molecular weight is 302 g/mol. The smallest absolute Gasteiger partial charge is 0.148 e. The van der Waals surface area contributed by atoms with Gasteiger partial charge in [-0.25, -0.2) is 9.37 Å². The molecule has 0 saturated heterocycles. The lowest BCUT2D eigenvalue weighted by atomic mass is 10.2. The van der Waals surface area contributed by atoms with Gasteiger partial charge in [0.25, 0.3) is 0 Å². The zero-order valence-electron chi connectivity index (χ0n) is 11.2. The molecule has 0 aliphatic heterocycles. The van der Waals surface area contributed by atoms with Crippen molar-refractivity contribution in [3.63, 3.8) is 0 Å². The molecule has 3 nitrogen and oxygen atoms in total. The summed E-state index contributed by atoms with van der Waals surface area (Å²) >= 11 is 5.85. The van der Waals surface area contributed by atoms with E-state index >= 15 is 0 Å². The van der Waals surface area contributed by atoms with Crippen molar-refractivity contribution in [1.29, 1.82) is 0 Å². The molecule has 2 aromatic carbocycles. The number of halogens is 2. The van der Waals surface area contributed by atoms with Gasteiger partial charge in [-0.2, -0.15) is 0 Å². The average Bonchev–Trinajstić information content (AvgIpc) is 3.21. The van der Waals surface area contributed by atoms with Crippen LogP contribution in [0.1, 0.15) is 24.6 Å². The van der Waals surface area contributed by atoms with Crippen LogP contribution in [0, 0.1) is 5.82 Å². The van der Waals surface area contributed by atoms with E-state index in [1.807, 2.05) is 22.8 Å². The number of benzene rings is 2. The van der Waals surface area contributed by atoms with Crippen LogP contribution in [-0.4, -0.2) is 9.55 Å². The highest BCUT2D eigenvalue weighted by molar-refractivity contribution is 6.30. The number of fused-ring (bicyclic) bond motifs is 1. The largest absolute Gasteiger partial charge is 0.399 e. The molecular weight excluding hydrogens is 289 g/mol. The van der Waals surface area contributed by atoms with Crippen LogP contribution in [0.5, 0.6) is 0 Å². The fourth-order valence-electron chi connectivity index (χ4n) is 2.65. The Bertz CT molecular complexity index is 852. The van der Waals surface area contributed by atoms with E-state index in [0.717, 1.165) is 29.7 Å². The van der Waals surface area contributed by atoms with Crippen molar-refractivity contribution in [2.24, 2.45) is 0 Å². The summed E-state index contributed by atoms with van der Waals surface area (Å²) in [5.41, 5.74) is 8.63. The van der Waals surface area contributed by atoms with Gasteiger partial charge in [0.15, 0.2) is 0 Å². The van der Waals surface area contributed by atoms with Gasteiger partial charge < -0.3 is 5.73 Å². The second kappa shape index (κ2) is 4.46. The lowest BCUT2D eigenvalue weighted by Gasteiger charge is -2.10. The van der Waals surface area contributed by atoms with E-state index in [1.165, 1.54) is 6.07 Å². The predicted octanol–water partition coefficient (Wildman–Crippen LogP) is 4.28. The number of nitrogens with two attached hydrogens (primary N) is 1. The van der Waals surface area contributed by atoms with Gasteiger partial charge in [-0.05, 0) is 49.2 Å². The first-order chi connectivity index (χ1) is 10.1. The molecule has 0 bridgehead atoms. The van der Waals surface area contributed by atoms with E-state index in [9.17, 15) is 4.39 Å². The van der Waals surface area contributed by atoms with Gasteiger partial charge in [-0.1, -0.05) is 11.6 Å². The fourth-order valence-corrected chi connectivity index (χ4v) is 2.81. The molecule has 1 aromatic heterocycles. The third-order valence-corrected chi connectivity index (χ3v) is 4.03. The summed E-state index contributed by atoms with van der Waals surface area (Å²) in [6.45, 7) is 0. The van der Waals surface area contributed by atoms with Crippen molar-refractivity contribution < 1.29 is 4.39 Å². The van der Waals surface area contributed by atoms with Gasteiger partial charge in [0.1, 0.15) is 11.6 Å². The van der Waals surface area contributed by atoms with Gasteiger partial charge in [-0.15, -0.1) is 0 Å². The van der Waals surface area contributed by atoms with Crippen molar-refractivity contribution in [3.8, 4) is 5.69 Å². The number of imidazole rings is 1. The molecule has 4 rings (SSSR count). The first-order valence-corrected chi connectivity index (χ1v) is 7.24. The highest BCUT2D eigenvalue weighted by atomic mass is 35.5. The highest BCUT2D eigenvalue weighted by Gasteiger charge is 2.30. The zero-order valence-corrected chi connectivity index (χ0v) is 11.9. The Kier molecular flexibility index (Phi) is 2.69. The molecule has 2 N–H and O–H groups in total. The monoisotopic (exact) mass is 301 g/mol. The lowest BCUT2D eigenvalue weighted by molar-refractivity contribution is 0.617. The van der Waals surface area contributed by atoms with Crippen LogP contribution in [0.15, 0.2) is 36.4 Å². The summed E-state index contributed by atoms with van der Waals surface area (Å²) < 4.78 is 16.2. The quantitative estimate of drug-likeness (QED) is 0.718. The number of aromatic nitrogens is 2. The van der Waals surface area contributed by atoms with Crippen LogP contribution in [-0.2, 0) is 0 Å². The van der Waals surface area contributed by atoms with Gasteiger partial charge in [-0.3, -0.25) is 4.57 Å². The Morgan fingerprint density at radius 2 is 2.00 bits per heavy atom. The zero-order chi connectivity index (χ0) is 14.6. The van der Waals surface area contributed by atoms with Crippen LogP contribution < -0.4 is 5.73 Å². The molecule has 21 heavy (non-hydrogen) atoms. The summed E-state index contributed by atoms with van der Waals surface area (Å²) in [5.74, 6) is 0.950. The molecule has 1 aliphatic carbocycles. The maximum Gasteiger partial charge on any atom is 0.148 e. The first kappa shape index (κ1) is 12.7. The lowest BCUT2D eigenvalue weighted by Crippen LogP contribution is -2.02. The normalized spacial score (nSPS) is 14.8. The predicted molar refractivity (Wildman–Crippen MR) is 82.4 cm³/mol. The molecule has 0 radical (unpaired) electrons. The first-order valence-electron chi connectivity index (χ1n) is 6.87. The summed E-state index contributed by atoms with van der Waals surface area (Å²) in [6.07, 6.45) is 2.18. The summed E-state index contributed by atoms with van der Waals surface area (Å²) in [6, 6.07) is 10.2. The van der Waals surface area contributed by atoms with Crippen molar-refractivity contribution in [3.05, 3.63) is 53.1 Å². The minimum Gasteiger partial charge on any atom is -0.399 e. The van der Waals surface area contributed by atoms with E-state index in [4.69, 9.17) is 17.3 Å². The van der Waals surface area contributed by atoms with Crippen molar-refractivity contribution in [2.45, 2.75) is 18.8 Å². The second-order valence-corrected chi connectivity index (χ2v) is 5.86. The SMILES string of the molecule is Nc1ccc2c(c1)nc(C1CC1)n2-c1ccc(Cl)cc1F. The molecule has 106 valence electrons. The minimum absolute atomic E-state index is 0.347. The van der Waals surface area contributed by atoms with Crippen LogP contribution in [0.2, 0.25) is 5.02 Å². The third kappa shape index (κ3) is 2.07. The Balaban J connectivity index is 2.03. The van der Waals surface area contributed by atoms with Gasteiger partial charge >= 0.3 is 0 Å². The number of rotatable bonds is 2. The molecule has 0 atom stereocenters. The Hall–Kier alpha value is -2.07. The molecule has 0 amide bonds. The van der Waals surface area contributed by atoms with Crippen molar-refractivity contribution >= 4 is 28.3 Å². The van der Waals surface area contributed by atoms with Gasteiger partial charge in [0.05, 0.1) is 16.7 Å². The summed E-state index contributed by atoms with van der Waals surface area (Å²) in [4.78, 5) is 4.66. The van der Waals surface area contributed by atoms with Crippen molar-refractivity contribution in [1.82, 2.24) is 9.55 Å². The standard InChI is InChI=1S/C16H13ClFN3/c17-10-3-5-14(12(18)7-10)21-15-6-4-11(19)8-13(15)20-16(21)9-1-2-9/h3-9H,1-2,19H2. The van der Waals surface area contributed by atoms with E-state index in [2.05, 4.69) is 4.98 Å². The van der Waals surface area contributed by atoms with E-state index in [1.54, 1.807) is 12.1 Å². The molecule has 0 unspecified atom stereocenters. The maximum atomic E-state index is 14.3. The van der Waals surface area contributed by atoms with Crippen molar-refractivity contribution in [2.75, 3.05) is 5.73 Å². The minimum atomic E-state index is -0.347. The van der Waals surface area contributed by atoms with Crippen LogP contribution in [0.3, 0.4) is 0 Å². The molecule has 3 aromatic rings. The molecular formula is C16H13ClFN3. The van der Waals surface area contributed by atoms with Crippen LogP contribution in [0.25, 0.3) is 16.7 Å². The molecule has 1 fully saturated rings. The van der Waals surface area contributed by atoms with E-state index in [0.29, 0.717) is 22.3 Å². The summed E-state index contributed by atoms with van der Waals surface area (Å²) in [7, 11) is 0. The fraction of sp³-hybridized carbons (Fsp3) is 0.188. The second-order valence-electron chi connectivity index (χ2n) is 5.42. The third-order valence-electron chi connectivity index (χ3n) is 3.80. The molecule has 0 spiro atoms. The number of nitrogen functional groups attached to an aromatic ring is 1. The van der Waals surface area contributed by atoms with Crippen LogP contribution in [0.4, 0.5) is 10.1 Å². The molecule has 1 heterocycles. The molecule has 1 saturated carbocycles. The topological polar surface area (TPSA) is 43.8 Å². The van der Waals surface area contributed by atoms with Gasteiger partial charge in [0.2, 0.25) is 0 Å². The number of anilines is 1. The van der Waals surface area contributed by atoms with E-state index in [-0.39, 0.29) is 5.82 Å².